The highest BCUT2D eigenvalue weighted by atomic mass is 31.2. The first-order chi connectivity index (χ1) is 46.8. The normalized spacial score (nSPS) is 14.1. The van der Waals surface area contributed by atoms with Crippen LogP contribution in [-0.4, -0.2) is 104 Å². The fraction of sp³-hybridized carbons (Fsp3) is 0.870. The van der Waals surface area contributed by atoms with E-state index in [4.69, 9.17) is 37.0 Å². The van der Waals surface area contributed by atoms with Crippen LogP contribution >= 0.6 is 15.6 Å². The molecule has 0 spiro atoms. The van der Waals surface area contributed by atoms with Crippen molar-refractivity contribution in [2.75, 3.05) is 46.2 Å². The maximum Gasteiger partial charge on any atom is 0.472 e. The van der Waals surface area contributed by atoms with E-state index in [1.165, 1.54) is 148 Å². The van der Waals surface area contributed by atoms with Gasteiger partial charge < -0.3 is 38.6 Å². The Morgan fingerprint density at radius 1 is 0.333 bits per heavy atom. The van der Waals surface area contributed by atoms with Gasteiger partial charge in [0.2, 0.25) is 0 Å². The second-order valence-corrected chi connectivity index (χ2v) is 29.5. The number of unbranched alkanes of at least 4 members (excludes halogenated alkanes) is 44. The zero-order valence-electron chi connectivity index (χ0n) is 61.4. The molecule has 0 aliphatic heterocycles. The summed E-state index contributed by atoms with van der Waals surface area (Å²) in [4.78, 5) is 70.3. The highest BCUT2D eigenvalue weighted by Gasteiger charge is 2.30. The van der Waals surface area contributed by atoms with Crippen molar-refractivity contribution < 1.29 is 80.2 Å². The highest BCUT2D eigenvalue weighted by molar-refractivity contribution is 7.47. The molecule has 96 heavy (non-hydrogen) atoms. The average Bonchev–Trinajstić information content (AvgIpc) is 2.42. The Kier molecular flexibility index (Phi) is 70.3. The third-order valence-corrected chi connectivity index (χ3v) is 19.0. The van der Waals surface area contributed by atoms with E-state index in [2.05, 4.69) is 57.2 Å². The molecule has 0 fully saturated rings. The first-order valence-electron chi connectivity index (χ1n) is 39.2. The fourth-order valence-corrected chi connectivity index (χ4v) is 12.7. The van der Waals surface area contributed by atoms with Gasteiger partial charge in [0, 0.05) is 32.3 Å². The lowest BCUT2D eigenvalue weighted by Crippen LogP contribution is -2.30. The summed E-state index contributed by atoms with van der Waals surface area (Å²) in [6, 6.07) is 0. The van der Waals surface area contributed by atoms with Crippen molar-refractivity contribution in [3.05, 3.63) is 36.5 Å². The molecule has 0 radical (unpaired) electrons. The number of hydrogen-bond donors (Lipinski definition) is 3. The maximum atomic E-state index is 13.1. The molecule has 0 saturated carbocycles. The zero-order chi connectivity index (χ0) is 70.2. The van der Waals surface area contributed by atoms with Crippen molar-refractivity contribution >= 4 is 39.8 Å². The van der Waals surface area contributed by atoms with Crippen LogP contribution in [0.25, 0.3) is 0 Å². The van der Waals surface area contributed by atoms with Crippen molar-refractivity contribution in [1.29, 1.82) is 0 Å². The summed E-state index contributed by atoms with van der Waals surface area (Å²) in [7, 11) is -9.78. The number of esters is 3. The van der Waals surface area contributed by atoms with Crippen molar-refractivity contribution in [2.45, 2.75) is 386 Å². The van der Waals surface area contributed by atoms with E-state index in [0.29, 0.717) is 32.3 Å². The molecule has 0 rings (SSSR count). The van der Waals surface area contributed by atoms with Crippen LogP contribution in [0.5, 0.6) is 0 Å². The van der Waals surface area contributed by atoms with E-state index in [1.54, 1.807) is 0 Å². The summed E-state index contributed by atoms with van der Waals surface area (Å²) in [6.07, 6.45) is 67.6. The lowest BCUT2D eigenvalue weighted by atomic mass is 10.0. The van der Waals surface area contributed by atoms with Gasteiger partial charge in [0.1, 0.15) is 31.7 Å². The molecule has 2 unspecified atom stereocenters. The van der Waals surface area contributed by atoms with Crippen LogP contribution < -0.4 is 0 Å². The molecule has 5 atom stereocenters. The Labute approximate surface area is 585 Å². The maximum absolute atomic E-state index is 13.1. The quantitative estimate of drug-likeness (QED) is 0.0128. The zero-order valence-corrected chi connectivity index (χ0v) is 63.1. The highest BCUT2D eigenvalue weighted by Crippen LogP contribution is 2.45. The first-order valence-corrected chi connectivity index (χ1v) is 42.2. The lowest BCUT2D eigenvalue weighted by molar-refractivity contribution is -0.161. The summed E-state index contributed by atoms with van der Waals surface area (Å²) in [5, 5.41) is 10.6. The number of ether oxygens (including phenoxy) is 4. The second kappa shape index (κ2) is 72.2. The monoisotopic (exact) mass is 1400 g/mol. The molecule has 564 valence electrons. The molecule has 0 aromatic rings. The molecular formula is C77H144O17P2. The van der Waals surface area contributed by atoms with Crippen LogP contribution in [0.1, 0.15) is 367 Å². The minimum atomic E-state index is -4.93. The van der Waals surface area contributed by atoms with Crippen molar-refractivity contribution in [3.63, 3.8) is 0 Å². The van der Waals surface area contributed by atoms with E-state index in [9.17, 15) is 43.2 Å². The van der Waals surface area contributed by atoms with Gasteiger partial charge in [-0.2, -0.15) is 0 Å². The number of rotatable bonds is 77. The summed E-state index contributed by atoms with van der Waals surface area (Å²) < 4.78 is 69.2. The molecular weight excluding hydrogens is 1260 g/mol. The summed E-state index contributed by atoms with van der Waals surface area (Å²) >= 11 is 0. The van der Waals surface area contributed by atoms with E-state index in [1.807, 2.05) is 0 Å². The Hall–Kier alpha value is -2.56. The van der Waals surface area contributed by atoms with Gasteiger partial charge in [-0.25, -0.2) is 9.13 Å². The molecule has 19 heteroatoms. The predicted molar refractivity (Wildman–Crippen MR) is 391 cm³/mol. The van der Waals surface area contributed by atoms with Gasteiger partial charge in [0.05, 0.1) is 26.4 Å². The number of aliphatic hydroxyl groups is 1. The van der Waals surface area contributed by atoms with E-state index >= 15 is 0 Å². The van der Waals surface area contributed by atoms with E-state index < -0.39 is 78.9 Å². The molecule has 17 nitrogen and oxygen atoms in total. The van der Waals surface area contributed by atoms with Gasteiger partial charge in [-0.3, -0.25) is 32.5 Å². The predicted octanol–water partition coefficient (Wildman–Crippen LogP) is 22.0. The Bertz CT molecular complexity index is 1930. The van der Waals surface area contributed by atoms with Crippen LogP contribution in [0.4, 0.5) is 0 Å². The van der Waals surface area contributed by atoms with Gasteiger partial charge in [-0.05, 0) is 89.9 Å². The molecule has 0 amide bonds. The third kappa shape index (κ3) is 71.3. The van der Waals surface area contributed by atoms with Crippen molar-refractivity contribution in [3.8, 4) is 0 Å². The number of carbonyl (C=O) groups is 4. The number of aliphatic hydroxyl groups excluding tert-OH is 1. The minimum absolute atomic E-state index is 0.112. The van der Waals surface area contributed by atoms with Crippen LogP contribution in [0.2, 0.25) is 0 Å². The van der Waals surface area contributed by atoms with E-state index in [0.717, 1.165) is 160 Å². The first kappa shape index (κ1) is 93.4. The summed E-state index contributed by atoms with van der Waals surface area (Å²) in [6.45, 7) is 3.57. The Morgan fingerprint density at radius 3 is 1.00 bits per heavy atom. The minimum Gasteiger partial charge on any atom is -0.463 e. The van der Waals surface area contributed by atoms with Crippen LogP contribution in [-0.2, 0) is 65.4 Å². The number of phosphoric ester groups is 2. The van der Waals surface area contributed by atoms with Gasteiger partial charge >= 0.3 is 33.6 Å². The molecule has 0 bridgehead atoms. The molecule has 0 saturated heterocycles. The van der Waals surface area contributed by atoms with Gasteiger partial charge in [0.15, 0.2) is 6.10 Å². The third-order valence-electron chi connectivity index (χ3n) is 17.1. The summed E-state index contributed by atoms with van der Waals surface area (Å²) in [5.74, 6) is -1.45. The summed E-state index contributed by atoms with van der Waals surface area (Å²) in [5.41, 5.74) is 0. The van der Waals surface area contributed by atoms with Crippen molar-refractivity contribution in [1.82, 2.24) is 0 Å². The number of allylic oxidation sites excluding steroid dienone is 6. The fourth-order valence-electron chi connectivity index (χ4n) is 11.1. The number of hydrogen-bond acceptors (Lipinski definition) is 15. The standard InChI is InChI=1S/C77H144O17P2/c1-4-7-10-13-16-19-22-25-28-33-37-42-47-52-57-62-76(81)89-69-74(94-77(82)63-58-53-48-43-38-32-24-21-18-15-12-9-6-3)71-93-96(85,86)91-67-72(79)66-90-95(83,84)92-70-73(68-88-75(80)61-56-51-46-41-36-31-23-20-17-14-11-8-5-2)87-65-60-55-50-45-40-35-30-27-26-29-34-39-44-49-54-59-64-78/h16,19,25-26,28-29,64,72-74,79H,4-15,17-18,20-24,27,30-63,65-71H2,1-3H3,(H,83,84)(H,85,86)/b19-16-,28-25-,29-26-/t72-,73+,74+/m0/s1. The molecule has 0 aromatic carbocycles. The van der Waals surface area contributed by atoms with Crippen LogP contribution in [0.3, 0.4) is 0 Å². The van der Waals surface area contributed by atoms with Crippen molar-refractivity contribution in [2.24, 2.45) is 0 Å². The second-order valence-electron chi connectivity index (χ2n) is 26.6. The van der Waals surface area contributed by atoms with Crippen LogP contribution in [0, 0.1) is 0 Å². The molecule has 0 aliphatic carbocycles. The van der Waals surface area contributed by atoms with Gasteiger partial charge in [0.25, 0.3) is 0 Å². The molecule has 0 aromatic heterocycles. The van der Waals surface area contributed by atoms with E-state index in [-0.39, 0.29) is 31.8 Å². The topological polar surface area (TPSA) is 237 Å². The number of carbonyl (C=O) groups excluding carboxylic acids is 4. The van der Waals surface area contributed by atoms with Crippen LogP contribution in [0.15, 0.2) is 36.5 Å². The number of aldehydes is 1. The molecule has 3 N–H and O–H groups in total. The smallest absolute Gasteiger partial charge is 0.463 e. The Morgan fingerprint density at radius 2 is 0.615 bits per heavy atom. The van der Waals surface area contributed by atoms with Gasteiger partial charge in [-0.1, -0.05) is 288 Å². The molecule has 0 aliphatic rings. The lowest BCUT2D eigenvalue weighted by Gasteiger charge is -2.21. The average molecular weight is 1400 g/mol. The number of phosphoric acid groups is 2. The Balaban J connectivity index is 5.23. The molecule has 0 heterocycles. The SMILES string of the molecule is CCCCC/C=C\C/C=C\CCCCCCCC(=O)OC[C@H](COP(=O)(O)OC[C@@H](O)COP(=O)(O)OC[C@@H](COC(=O)CCCCCCCCCCCCCCC)OCCCCCCCCC/C=C\CCCCCCC=O)OC(=O)CCCCCCCCCCCCCCC. The van der Waals surface area contributed by atoms with Gasteiger partial charge in [-0.15, -0.1) is 0 Å². The largest absolute Gasteiger partial charge is 0.472 e.